The van der Waals surface area contributed by atoms with Crippen LogP contribution in [-0.4, -0.2) is 36.8 Å². The molecule has 136 valence electrons. The lowest BCUT2D eigenvalue weighted by Gasteiger charge is -2.35. The summed E-state index contributed by atoms with van der Waals surface area (Å²) in [6.07, 6.45) is 0.824. The molecule has 0 radical (unpaired) electrons. The first-order valence-electron chi connectivity index (χ1n) is 8.18. The van der Waals surface area contributed by atoms with Gasteiger partial charge >= 0.3 is 10.9 Å². The minimum absolute atomic E-state index is 0.0626. The molecule has 0 spiro atoms. The Morgan fingerprint density at radius 3 is 2.56 bits per heavy atom. The van der Waals surface area contributed by atoms with E-state index in [2.05, 4.69) is 4.98 Å². The lowest BCUT2D eigenvalue weighted by molar-refractivity contribution is -0.0577. The number of benzene rings is 1. The predicted octanol–water partition coefficient (Wildman–Crippen LogP) is 3.48. The zero-order valence-corrected chi connectivity index (χ0v) is 15.7. The molecule has 25 heavy (non-hydrogen) atoms. The molecule has 1 fully saturated rings. The van der Waals surface area contributed by atoms with Crippen LogP contribution in [0.3, 0.4) is 0 Å². The third-order valence-electron chi connectivity index (χ3n) is 4.64. The topological polar surface area (TPSA) is 95.0 Å². The molecular formula is C17H24N3O4S+. The van der Waals surface area contributed by atoms with E-state index >= 15 is 0 Å². The average Bonchev–Trinajstić information content (AvgIpc) is 2.90. The Labute approximate surface area is 148 Å². The van der Waals surface area contributed by atoms with Crippen molar-refractivity contribution in [2.75, 3.05) is 6.61 Å². The Kier molecular flexibility index (Phi) is 5.40. The van der Waals surface area contributed by atoms with Gasteiger partial charge < -0.3 is 14.7 Å². The molecule has 1 aliphatic rings. The molecule has 1 saturated heterocycles. The summed E-state index contributed by atoms with van der Waals surface area (Å²) in [5.74, 6) is -0.470. The maximum atomic E-state index is 12.8. The molecule has 1 aromatic rings. The molecule has 1 heterocycles. The summed E-state index contributed by atoms with van der Waals surface area (Å²) in [4.78, 5) is 4.33. The van der Waals surface area contributed by atoms with Gasteiger partial charge in [-0.05, 0) is 31.9 Å². The largest absolute Gasteiger partial charge is 0.537 e. The second-order valence-electron chi connectivity index (χ2n) is 6.63. The van der Waals surface area contributed by atoms with Crippen molar-refractivity contribution in [2.45, 2.75) is 50.8 Å². The lowest BCUT2D eigenvalue weighted by atomic mass is 9.98. The molecule has 0 saturated carbocycles. The minimum atomic E-state index is -4.18. The third kappa shape index (κ3) is 3.48. The molecular weight excluding hydrogens is 342 g/mol. The number of sulfone groups is 1. The Bertz CT molecular complexity index is 797. The van der Waals surface area contributed by atoms with Gasteiger partial charge in [0.2, 0.25) is 5.39 Å². The van der Waals surface area contributed by atoms with Crippen molar-refractivity contribution in [2.24, 2.45) is 5.92 Å². The maximum absolute atomic E-state index is 12.8. The molecule has 1 aromatic carbocycles. The van der Waals surface area contributed by atoms with E-state index in [1.165, 1.54) is 17.0 Å². The summed E-state index contributed by atoms with van der Waals surface area (Å²) in [6.45, 7) is 7.81. The standard InChI is InChI=1S/C17H23N3O4S/c1-5-12(2)14-11-24-17(3,4)20(14)16(21)15(19-18)25(22,23)13-9-7-6-8-10-13/h6-10,12,14H,5,11H2,1-4H3/p+1/b16-15-/t12-,14+/m0/s1. The van der Waals surface area contributed by atoms with Gasteiger partial charge in [0.15, 0.2) is 4.98 Å². The lowest BCUT2D eigenvalue weighted by Crippen LogP contribution is -2.46. The van der Waals surface area contributed by atoms with E-state index in [1.807, 2.05) is 13.8 Å². The van der Waals surface area contributed by atoms with Crippen molar-refractivity contribution in [3.8, 4) is 0 Å². The van der Waals surface area contributed by atoms with Gasteiger partial charge in [0.25, 0.3) is 9.84 Å². The molecule has 0 amide bonds. The van der Waals surface area contributed by atoms with Crippen LogP contribution in [0.25, 0.3) is 4.98 Å². The fraction of sp³-hybridized carbons (Fsp3) is 0.529. The van der Waals surface area contributed by atoms with Gasteiger partial charge in [0.05, 0.1) is 17.5 Å². The number of aliphatic hydroxyl groups excluding tert-OH is 1. The number of hydrogen-bond acceptors (Lipinski definition) is 6. The molecule has 2 rings (SSSR count). The minimum Gasteiger partial charge on any atom is -0.488 e. The maximum Gasteiger partial charge on any atom is 0.537 e. The highest BCUT2D eigenvalue weighted by Crippen LogP contribution is 2.37. The summed E-state index contributed by atoms with van der Waals surface area (Å²) < 4.78 is 31.3. The Balaban J connectivity index is 2.59. The van der Waals surface area contributed by atoms with Gasteiger partial charge in [-0.2, -0.15) is 0 Å². The van der Waals surface area contributed by atoms with Gasteiger partial charge in [0, 0.05) is 0 Å². The first-order valence-corrected chi connectivity index (χ1v) is 9.67. The highest BCUT2D eigenvalue weighted by molar-refractivity contribution is 7.95. The van der Waals surface area contributed by atoms with Crippen LogP contribution in [-0.2, 0) is 14.6 Å². The normalized spacial score (nSPS) is 22.2. The van der Waals surface area contributed by atoms with E-state index in [9.17, 15) is 18.9 Å². The van der Waals surface area contributed by atoms with E-state index in [4.69, 9.17) is 4.74 Å². The third-order valence-corrected chi connectivity index (χ3v) is 6.30. The van der Waals surface area contributed by atoms with Gasteiger partial charge in [-0.25, -0.2) is 8.42 Å². The van der Waals surface area contributed by atoms with E-state index in [1.54, 1.807) is 32.0 Å². The summed E-state index contributed by atoms with van der Waals surface area (Å²) in [5, 5.41) is 19.3. The van der Waals surface area contributed by atoms with Crippen molar-refractivity contribution in [1.29, 1.82) is 5.39 Å². The highest BCUT2D eigenvalue weighted by Gasteiger charge is 2.50. The molecule has 0 bridgehead atoms. The van der Waals surface area contributed by atoms with Crippen LogP contribution in [0.5, 0.6) is 0 Å². The first-order chi connectivity index (χ1) is 11.7. The molecule has 8 heteroatoms. The van der Waals surface area contributed by atoms with Crippen LogP contribution in [0, 0.1) is 11.3 Å². The first kappa shape index (κ1) is 19.2. The summed E-state index contributed by atoms with van der Waals surface area (Å²) in [5.41, 5.74) is -0.930. The summed E-state index contributed by atoms with van der Waals surface area (Å²) in [7, 11) is -4.18. The monoisotopic (exact) mass is 366 g/mol. The Hall–Kier alpha value is -2.11. The van der Waals surface area contributed by atoms with E-state index in [0.717, 1.165) is 6.42 Å². The van der Waals surface area contributed by atoms with Crippen molar-refractivity contribution < 1.29 is 18.3 Å². The predicted molar refractivity (Wildman–Crippen MR) is 93.5 cm³/mol. The number of ether oxygens (including phenoxy) is 1. The number of aliphatic hydroxyl groups is 1. The van der Waals surface area contributed by atoms with E-state index in [0.29, 0.717) is 6.61 Å². The smallest absolute Gasteiger partial charge is 0.488 e. The Morgan fingerprint density at radius 1 is 1.44 bits per heavy atom. The summed E-state index contributed by atoms with van der Waals surface area (Å²) in [6, 6.07) is 7.32. The van der Waals surface area contributed by atoms with Gasteiger partial charge in [-0.15, -0.1) is 0 Å². The average molecular weight is 366 g/mol. The summed E-state index contributed by atoms with van der Waals surface area (Å²) >= 11 is 0. The van der Waals surface area contributed by atoms with Crippen LogP contribution in [0.1, 0.15) is 34.1 Å². The zero-order chi connectivity index (χ0) is 18.8. The van der Waals surface area contributed by atoms with Crippen LogP contribution >= 0.6 is 0 Å². The second kappa shape index (κ2) is 7.02. The molecule has 0 aromatic heterocycles. The van der Waals surface area contributed by atoms with Crippen LogP contribution in [0.2, 0.25) is 0 Å². The van der Waals surface area contributed by atoms with Crippen LogP contribution < -0.4 is 0 Å². The van der Waals surface area contributed by atoms with Crippen LogP contribution in [0.15, 0.2) is 46.1 Å². The molecule has 0 aliphatic carbocycles. The SMILES string of the molecule is CC[C@H](C)[C@H]1COC(C)(C)N1/C(O)=C(\[N+]#N)S(=O)(=O)c1ccccc1. The highest BCUT2D eigenvalue weighted by atomic mass is 32.2. The van der Waals surface area contributed by atoms with E-state index in [-0.39, 0.29) is 16.9 Å². The van der Waals surface area contributed by atoms with Crippen molar-refractivity contribution in [1.82, 2.24) is 4.90 Å². The number of hydrogen-bond donors (Lipinski definition) is 1. The van der Waals surface area contributed by atoms with Crippen molar-refractivity contribution >= 4 is 9.84 Å². The van der Waals surface area contributed by atoms with Crippen LogP contribution in [0.4, 0.5) is 0 Å². The van der Waals surface area contributed by atoms with E-state index < -0.39 is 26.5 Å². The quantitative estimate of drug-likeness (QED) is 0.633. The van der Waals surface area contributed by atoms with Crippen molar-refractivity contribution in [3.05, 3.63) is 46.2 Å². The molecule has 7 nitrogen and oxygen atoms in total. The van der Waals surface area contributed by atoms with Gasteiger partial charge in [-0.1, -0.05) is 38.5 Å². The Morgan fingerprint density at radius 2 is 2.04 bits per heavy atom. The molecule has 1 N–H and O–H groups in total. The number of rotatable bonds is 5. The molecule has 1 aliphatic heterocycles. The molecule has 0 unspecified atom stereocenters. The van der Waals surface area contributed by atoms with Gasteiger partial charge in [-0.3, -0.25) is 0 Å². The fourth-order valence-electron chi connectivity index (χ4n) is 2.97. The zero-order valence-electron chi connectivity index (χ0n) is 14.9. The second-order valence-corrected chi connectivity index (χ2v) is 8.49. The van der Waals surface area contributed by atoms with Gasteiger partial charge in [0.1, 0.15) is 5.72 Å². The number of nitrogens with zero attached hydrogens (tertiary/aromatic N) is 3. The number of diazo groups is 1. The fourth-order valence-corrected chi connectivity index (χ4v) is 4.15. The molecule has 2 atom stereocenters. The van der Waals surface area contributed by atoms with Crippen molar-refractivity contribution in [3.63, 3.8) is 0 Å².